The Labute approximate surface area is 119 Å². The molecule has 2 N–H and O–H groups in total. The van der Waals surface area contributed by atoms with Gasteiger partial charge in [0.1, 0.15) is 17.5 Å². The molecule has 1 atom stereocenters. The lowest BCUT2D eigenvalue weighted by Crippen LogP contribution is -2.40. The molecule has 0 saturated carbocycles. The molecule has 2 aromatic carbocycles. The van der Waals surface area contributed by atoms with Crippen molar-refractivity contribution in [3.8, 4) is 0 Å². The molecule has 0 saturated heterocycles. The summed E-state index contributed by atoms with van der Waals surface area (Å²) in [6.07, 6.45) is 0. The molecule has 21 heavy (non-hydrogen) atoms. The van der Waals surface area contributed by atoms with Crippen LogP contribution in [0, 0.1) is 17.5 Å². The Balaban J connectivity index is 2.47. The van der Waals surface area contributed by atoms with E-state index in [1.807, 2.05) is 0 Å². The maximum Gasteiger partial charge on any atom is 0.333 e. The van der Waals surface area contributed by atoms with Gasteiger partial charge < -0.3 is 10.4 Å². The summed E-state index contributed by atoms with van der Waals surface area (Å²) in [5.74, 6) is -3.69. The largest absolute Gasteiger partial charge is 0.479 e. The van der Waals surface area contributed by atoms with E-state index in [-0.39, 0.29) is 11.3 Å². The molecule has 0 aliphatic carbocycles. The van der Waals surface area contributed by atoms with Crippen LogP contribution in [0.25, 0.3) is 0 Å². The van der Waals surface area contributed by atoms with Gasteiger partial charge in [0.25, 0.3) is 0 Å². The maximum absolute atomic E-state index is 13.3. The Kier molecular flexibility index (Phi) is 3.88. The molecule has 2 rings (SSSR count). The van der Waals surface area contributed by atoms with Crippen LogP contribution in [0.5, 0.6) is 0 Å². The minimum Gasteiger partial charge on any atom is -0.479 e. The molecule has 0 radical (unpaired) electrons. The third-order valence-corrected chi connectivity index (χ3v) is 3.09. The molecular weight excluding hydrogens is 283 g/mol. The van der Waals surface area contributed by atoms with Crippen LogP contribution in [0.2, 0.25) is 0 Å². The molecule has 0 aliphatic heterocycles. The van der Waals surface area contributed by atoms with Gasteiger partial charge >= 0.3 is 5.97 Å². The zero-order valence-corrected chi connectivity index (χ0v) is 11.0. The molecular formula is C15H12F3NO2. The van der Waals surface area contributed by atoms with Crippen LogP contribution in [0.15, 0.2) is 42.5 Å². The SMILES string of the molecule is CC(Nc1cccc(F)c1)(C(=O)O)c1cc(F)cc(F)c1. The average molecular weight is 295 g/mol. The van der Waals surface area contributed by atoms with Crippen LogP contribution in [0.4, 0.5) is 18.9 Å². The molecule has 0 amide bonds. The van der Waals surface area contributed by atoms with E-state index in [1.54, 1.807) is 0 Å². The molecule has 0 aromatic heterocycles. The van der Waals surface area contributed by atoms with Gasteiger partial charge in [0.2, 0.25) is 0 Å². The Morgan fingerprint density at radius 1 is 1.05 bits per heavy atom. The lowest BCUT2D eigenvalue weighted by Gasteiger charge is -2.28. The van der Waals surface area contributed by atoms with Crippen LogP contribution in [-0.2, 0) is 10.3 Å². The normalized spacial score (nSPS) is 13.5. The van der Waals surface area contributed by atoms with Crippen molar-refractivity contribution in [1.82, 2.24) is 0 Å². The number of carboxylic acids is 1. The number of hydrogen-bond acceptors (Lipinski definition) is 2. The first-order valence-electron chi connectivity index (χ1n) is 6.05. The molecule has 110 valence electrons. The Hall–Kier alpha value is -2.50. The van der Waals surface area contributed by atoms with Gasteiger partial charge in [0, 0.05) is 11.8 Å². The lowest BCUT2D eigenvalue weighted by molar-refractivity contribution is -0.142. The third-order valence-electron chi connectivity index (χ3n) is 3.09. The van der Waals surface area contributed by atoms with Crippen molar-refractivity contribution < 1.29 is 23.1 Å². The van der Waals surface area contributed by atoms with Crippen LogP contribution in [0.1, 0.15) is 12.5 Å². The van der Waals surface area contributed by atoms with E-state index in [1.165, 1.54) is 25.1 Å². The summed E-state index contributed by atoms with van der Waals surface area (Å²) in [6, 6.07) is 7.63. The van der Waals surface area contributed by atoms with Gasteiger partial charge in [-0.05, 0) is 42.8 Å². The summed E-state index contributed by atoms with van der Waals surface area (Å²) in [4.78, 5) is 11.5. The second-order valence-corrected chi connectivity index (χ2v) is 4.72. The van der Waals surface area contributed by atoms with Crippen LogP contribution < -0.4 is 5.32 Å². The van der Waals surface area contributed by atoms with Gasteiger partial charge in [-0.25, -0.2) is 18.0 Å². The van der Waals surface area contributed by atoms with Crippen molar-refractivity contribution in [2.24, 2.45) is 0 Å². The van der Waals surface area contributed by atoms with E-state index < -0.39 is 29.0 Å². The predicted octanol–water partition coefficient (Wildman–Crippen LogP) is 3.52. The highest BCUT2D eigenvalue weighted by Crippen LogP contribution is 2.28. The van der Waals surface area contributed by atoms with E-state index >= 15 is 0 Å². The van der Waals surface area contributed by atoms with Gasteiger partial charge in [0.05, 0.1) is 0 Å². The summed E-state index contributed by atoms with van der Waals surface area (Å²) in [5, 5.41) is 12.0. The van der Waals surface area contributed by atoms with Gasteiger partial charge in [-0.3, -0.25) is 0 Å². The van der Waals surface area contributed by atoms with Crippen LogP contribution in [0.3, 0.4) is 0 Å². The number of aliphatic carboxylic acids is 1. The number of carbonyl (C=O) groups is 1. The van der Waals surface area contributed by atoms with E-state index in [0.29, 0.717) is 6.07 Å². The highest BCUT2D eigenvalue weighted by Gasteiger charge is 2.36. The maximum atomic E-state index is 13.3. The number of carboxylic acid groups (broad SMARTS) is 1. The summed E-state index contributed by atoms with van der Waals surface area (Å²) in [5.41, 5.74) is -1.74. The fourth-order valence-electron chi connectivity index (χ4n) is 1.95. The van der Waals surface area contributed by atoms with Gasteiger partial charge in [-0.15, -0.1) is 0 Å². The number of hydrogen-bond donors (Lipinski definition) is 2. The summed E-state index contributed by atoms with van der Waals surface area (Å²) >= 11 is 0. The Morgan fingerprint density at radius 3 is 2.19 bits per heavy atom. The molecule has 0 spiro atoms. The van der Waals surface area contributed by atoms with Crippen molar-refractivity contribution in [3.63, 3.8) is 0 Å². The first-order valence-corrected chi connectivity index (χ1v) is 6.05. The zero-order chi connectivity index (χ0) is 15.6. The minimum atomic E-state index is -1.81. The van der Waals surface area contributed by atoms with Crippen LogP contribution in [-0.4, -0.2) is 11.1 Å². The molecule has 2 aromatic rings. The standard InChI is InChI=1S/C15H12F3NO2/c1-15(14(20)21,9-5-11(17)7-12(18)6-9)19-13-4-2-3-10(16)8-13/h2-8,19H,1H3,(H,20,21). The average Bonchev–Trinajstić information content (AvgIpc) is 2.37. The second-order valence-electron chi connectivity index (χ2n) is 4.72. The highest BCUT2D eigenvalue weighted by molar-refractivity contribution is 5.84. The molecule has 6 heteroatoms. The van der Waals surface area contributed by atoms with Crippen molar-refractivity contribution >= 4 is 11.7 Å². The summed E-state index contributed by atoms with van der Waals surface area (Å²) < 4.78 is 39.8. The van der Waals surface area contributed by atoms with Gasteiger partial charge in [-0.1, -0.05) is 6.07 Å². The van der Waals surface area contributed by atoms with E-state index in [2.05, 4.69) is 5.32 Å². The number of benzene rings is 2. The zero-order valence-electron chi connectivity index (χ0n) is 11.0. The summed E-state index contributed by atoms with van der Waals surface area (Å²) in [7, 11) is 0. The van der Waals surface area contributed by atoms with Crippen molar-refractivity contribution in [2.75, 3.05) is 5.32 Å². The quantitative estimate of drug-likeness (QED) is 0.907. The second kappa shape index (κ2) is 5.47. The van der Waals surface area contributed by atoms with E-state index in [4.69, 9.17) is 0 Å². The molecule has 3 nitrogen and oxygen atoms in total. The Bertz CT molecular complexity index is 670. The van der Waals surface area contributed by atoms with Crippen molar-refractivity contribution in [1.29, 1.82) is 0 Å². The minimum absolute atomic E-state index is 0.114. The lowest BCUT2D eigenvalue weighted by atomic mass is 9.91. The smallest absolute Gasteiger partial charge is 0.333 e. The van der Waals surface area contributed by atoms with E-state index in [9.17, 15) is 23.1 Å². The highest BCUT2D eigenvalue weighted by atomic mass is 19.1. The topological polar surface area (TPSA) is 49.3 Å². The first-order chi connectivity index (χ1) is 9.81. The molecule has 0 aliphatic rings. The Morgan fingerprint density at radius 2 is 1.67 bits per heavy atom. The molecule has 0 heterocycles. The first kappa shape index (κ1) is 14.9. The number of halogens is 3. The third kappa shape index (κ3) is 3.16. The fourth-order valence-corrected chi connectivity index (χ4v) is 1.95. The van der Waals surface area contributed by atoms with E-state index in [0.717, 1.165) is 18.2 Å². The van der Waals surface area contributed by atoms with Crippen LogP contribution >= 0.6 is 0 Å². The molecule has 0 bridgehead atoms. The predicted molar refractivity (Wildman–Crippen MR) is 71.4 cm³/mol. The van der Waals surface area contributed by atoms with Gasteiger partial charge in [-0.2, -0.15) is 0 Å². The fraction of sp³-hybridized carbons (Fsp3) is 0.133. The van der Waals surface area contributed by atoms with Gasteiger partial charge in [0.15, 0.2) is 5.54 Å². The number of rotatable bonds is 4. The summed E-state index contributed by atoms with van der Waals surface area (Å²) in [6.45, 7) is 1.24. The number of anilines is 1. The molecule has 1 unspecified atom stereocenters. The monoisotopic (exact) mass is 295 g/mol. The van der Waals surface area contributed by atoms with Crippen molar-refractivity contribution in [2.45, 2.75) is 12.5 Å². The number of nitrogens with one attached hydrogen (secondary N) is 1. The van der Waals surface area contributed by atoms with Crippen molar-refractivity contribution in [3.05, 3.63) is 65.5 Å². The molecule has 0 fully saturated rings.